The van der Waals surface area contributed by atoms with Gasteiger partial charge in [-0.1, -0.05) is 48.5 Å². The summed E-state index contributed by atoms with van der Waals surface area (Å²) in [6, 6.07) is 15.2. The third-order valence-corrected chi connectivity index (χ3v) is 6.66. The maximum absolute atomic E-state index is 13.1. The van der Waals surface area contributed by atoms with Crippen LogP contribution in [0.15, 0.2) is 54.6 Å². The lowest BCUT2D eigenvalue weighted by Gasteiger charge is -2.25. The maximum Gasteiger partial charge on any atom is 0.261 e. The van der Waals surface area contributed by atoms with Gasteiger partial charge >= 0.3 is 0 Å². The van der Waals surface area contributed by atoms with E-state index in [1.807, 2.05) is 54.6 Å². The number of primary amides is 1. The Labute approximate surface area is 233 Å². The number of halogens is 1. The van der Waals surface area contributed by atoms with E-state index >= 15 is 0 Å². The van der Waals surface area contributed by atoms with Gasteiger partial charge in [0.25, 0.3) is 17.7 Å². The van der Waals surface area contributed by atoms with Gasteiger partial charge in [0.05, 0.1) is 5.69 Å². The van der Waals surface area contributed by atoms with Crippen LogP contribution in [0.2, 0.25) is 0 Å². The first-order valence-corrected chi connectivity index (χ1v) is 12.8. The first-order valence-electron chi connectivity index (χ1n) is 12.8. The van der Waals surface area contributed by atoms with Crippen LogP contribution in [0.4, 0.5) is 5.69 Å². The van der Waals surface area contributed by atoms with Crippen molar-refractivity contribution in [3.63, 3.8) is 0 Å². The lowest BCUT2D eigenvalue weighted by atomic mass is 10.1. The highest BCUT2D eigenvalue weighted by Gasteiger charge is 2.51. The number of carbonyl (C=O) groups is 4. The normalized spacial score (nSPS) is 18.6. The molecule has 1 fully saturated rings. The van der Waals surface area contributed by atoms with Gasteiger partial charge in [-0.3, -0.25) is 29.6 Å². The number of anilines is 1. The van der Waals surface area contributed by atoms with Crippen molar-refractivity contribution in [1.29, 1.82) is 0 Å². The Bertz CT molecular complexity index is 1170. The zero-order valence-electron chi connectivity index (χ0n) is 21.5. The minimum Gasteiger partial charge on any atom is -0.368 e. The number of benzene rings is 2. The number of nitrogens with zero attached hydrogens (tertiary/aromatic N) is 1. The fraction of sp³-hybridized carbons (Fsp3) is 0.407. The van der Waals surface area contributed by atoms with Crippen LogP contribution in [0, 0.1) is 0 Å². The number of amides is 4. The van der Waals surface area contributed by atoms with E-state index in [4.69, 9.17) is 16.2 Å². The van der Waals surface area contributed by atoms with E-state index in [-0.39, 0.29) is 24.7 Å². The number of fused-ring (bicyclic) bond motifs is 1. The van der Waals surface area contributed by atoms with Gasteiger partial charge in [0.15, 0.2) is 12.2 Å². The van der Waals surface area contributed by atoms with Gasteiger partial charge in [0.1, 0.15) is 12.1 Å². The molecule has 0 bridgehead atoms. The number of nitrogens with two attached hydrogens (primary N) is 2. The largest absolute Gasteiger partial charge is 0.368 e. The minimum atomic E-state index is -1.06. The fourth-order valence-electron chi connectivity index (χ4n) is 4.52. The van der Waals surface area contributed by atoms with Gasteiger partial charge in [0.2, 0.25) is 5.91 Å². The highest BCUT2D eigenvalue weighted by atomic mass is 35.5. The van der Waals surface area contributed by atoms with Crippen LogP contribution in [0.5, 0.6) is 0 Å². The molecule has 4 atom stereocenters. The van der Waals surface area contributed by atoms with E-state index in [0.29, 0.717) is 32.4 Å². The van der Waals surface area contributed by atoms with Crippen LogP contribution >= 0.6 is 12.4 Å². The molecule has 2 aromatic rings. The molecule has 4 rings (SSSR count). The number of rotatable bonds is 13. The number of carbonyl (C=O) groups excluding carboxylic acids is 4. The number of hydrogen-bond acceptors (Lipinski definition) is 7. The summed E-state index contributed by atoms with van der Waals surface area (Å²) in [4.78, 5) is 50.6. The molecule has 2 aliphatic heterocycles. The summed E-state index contributed by atoms with van der Waals surface area (Å²) < 4.78 is 5.32. The Morgan fingerprint density at radius 1 is 0.923 bits per heavy atom. The summed E-state index contributed by atoms with van der Waals surface area (Å²) in [6.45, 7) is 1.10. The summed E-state index contributed by atoms with van der Waals surface area (Å²) >= 11 is 0. The van der Waals surface area contributed by atoms with Crippen LogP contribution in [0.3, 0.4) is 0 Å². The Kier molecular flexibility index (Phi) is 10.7. The van der Waals surface area contributed by atoms with Crippen molar-refractivity contribution >= 4 is 41.7 Å². The quantitative estimate of drug-likeness (QED) is 0.171. The van der Waals surface area contributed by atoms with Gasteiger partial charge in [-0.25, -0.2) is 0 Å². The number of hydrogen-bond donors (Lipinski definition) is 5. The molecule has 0 aromatic heterocycles. The lowest BCUT2D eigenvalue weighted by molar-refractivity contribution is -0.130. The van der Waals surface area contributed by atoms with Crippen molar-refractivity contribution in [1.82, 2.24) is 16.1 Å². The van der Waals surface area contributed by atoms with Crippen LogP contribution in [-0.2, 0) is 36.8 Å². The Morgan fingerprint density at radius 3 is 2.23 bits per heavy atom. The van der Waals surface area contributed by atoms with E-state index in [1.54, 1.807) is 5.01 Å². The fourth-order valence-corrected chi connectivity index (χ4v) is 4.52. The second-order valence-electron chi connectivity index (χ2n) is 9.48. The Balaban J connectivity index is 0.00000420. The lowest BCUT2D eigenvalue weighted by Crippen LogP contribution is -2.53. The summed E-state index contributed by atoms with van der Waals surface area (Å²) in [6.07, 6.45) is 0.629. The molecule has 0 aliphatic carbocycles. The number of nitrogens with one attached hydrogen (secondary N) is 3. The standard InChI is InChI=1S/C27H34N6O5.ClH/c28-14-7-6-11-19(25(35)32-33-15-13-18-10-4-5-12-21(18)33)30-26(36)22-23(38-22)27(37)31-20(24(29)34)16-17-8-2-1-3-9-17;/h1-5,8-10,12,19-20,22-23H,6-7,11,13-16,28H2,(H2,29,34)(H,30,36)(H,31,37)(H,32,35);1H/t19-,20-,22?,23?;/m0./s1. The second kappa shape index (κ2) is 13.9. The van der Waals surface area contributed by atoms with Crippen molar-refractivity contribution in [2.75, 3.05) is 18.1 Å². The SMILES string of the molecule is Cl.NCCCC[C@H](NC(=O)C1OC1C(=O)N[C@@H](Cc1ccccc1)C(N)=O)C(=O)NN1CCc2ccccc21. The van der Waals surface area contributed by atoms with Crippen molar-refractivity contribution < 1.29 is 23.9 Å². The van der Waals surface area contributed by atoms with Gasteiger partial charge in [-0.15, -0.1) is 12.4 Å². The molecule has 2 aliphatic rings. The highest BCUT2D eigenvalue weighted by Crippen LogP contribution is 2.26. The molecule has 11 nitrogen and oxygen atoms in total. The van der Waals surface area contributed by atoms with E-state index in [1.165, 1.54) is 0 Å². The Hall–Kier alpha value is -3.67. The summed E-state index contributed by atoms with van der Waals surface area (Å²) in [5.74, 6) is -2.23. The van der Waals surface area contributed by atoms with E-state index in [2.05, 4.69) is 16.1 Å². The molecule has 12 heteroatoms. The van der Waals surface area contributed by atoms with Crippen LogP contribution in [0.1, 0.15) is 30.4 Å². The summed E-state index contributed by atoms with van der Waals surface area (Å²) in [5, 5.41) is 7.07. The number of hydrazine groups is 1. The van der Waals surface area contributed by atoms with Crippen LogP contribution in [-0.4, -0.2) is 61.0 Å². The molecule has 0 saturated carbocycles. The molecular weight excluding hydrogens is 524 g/mol. The molecule has 2 unspecified atom stereocenters. The first kappa shape index (κ1) is 29.9. The third-order valence-electron chi connectivity index (χ3n) is 6.66. The molecule has 4 amide bonds. The molecule has 210 valence electrons. The van der Waals surface area contributed by atoms with Crippen molar-refractivity contribution in [2.45, 2.75) is 56.4 Å². The topological polar surface area (TPSA) is 172 Å². The number of para-hydroxylation sites is 1. The van der Waals surface area contributed by atoms with E-state index in [0.717, 1.165) is 23.2 Å². The summed E-state index contributed by atoms with van der Waals surface area (Å²) in [5.41, 5.74) is 16.9. The molecule has 0 spiro atoms. The monoisotopic (exact) mass is 558 g/mol. The predicted octanol–water partition coefficient (Wildman–Crippen LogP) is 0.0961. The molecule has 2 aromatic carbocycles. The number of ether oxygens (including phenoxy) is 1. The third kappa shape index (κ3) is 7.92. The number of epoxide rings is 1. The Morgan fingerprint density at radius 2 is 1.56 bits per heavy atom. The highest BCUT2D eigenvalue weighted by molar-refractivity contribution is 5.98. The molecule has 1 saturated heterocycles. The van der Waals surface area contributed by atoms with Gasteiger partial charge in [0, 0.05) is 13.0 Å². The van der Waals surface area contributed by atoms with Gasteiger partial charge < -0.3 is 26.8 Å². The molecule has 0 radical (unpaired) electrons. The smallest absolute Gasteiger partial charge is 0.261 e. The minimum absolute atomic E-state index is 0. The average molecular weight is 559 g/mol. The van der Waals surface area contributed by atoms with E-state index in [9.17, 15) is 19.2 Å². The predicted molar refractivity (Wildman–Crippen MR) is 148 cm³/mol. The zero-order valence-corrected chi connectivity index (χ0v) is 22.3. The van der Waals surface area contributed by atoms with Crippen molar-refractivity contribution in [2.24, 2.45) is 11.5 Å². The zero-order chi connectivity index (χ0) is 27.1. The van der Waals surface area contributed by atoms with Crippen LogP contribution < -0.4 is 32.5 Å². The van der Waals surface area contributed by atoms with Gasteiger partial charge in [-0.05, 0) is 49.4 Å². The van der Waals surface area contributed by atoms with Crippen molar-refractivity contribution in [3.05, 3.63) is 65.7 Å². The number of unbranched alkanes of at least 4 members (excludes halogenated alkanes) is 1. The second-order valence-corrected chi connectivity index (χ2v) is 9.48. The van der Waals surface area contributed by atoms with Crippen molar-refractivity contribution in [3.8, 4) is 0 Å². The maximum atomic E-state index is 13.1. The van der Waals surface area contributed by atoms with E-state index < -0.39 is 42.0 Å². The average Bonchev–Trinajstić information content (AvgIpc) is 3.63. The van der Waals surface area contributed by atoms with Crippen LogP contribution in [0.25, 0.3) is 0 Å². The molecule has 2 heterocycles. The molecule has 39 heavy (non-hydrogen) atoms. The molecule has 7 N–H and O–H groups in total. The molecular formula is C27H35ClN6O5. The van der Waals surface area contributed by atoms with Gasteiger partial charge in [-0.2, -0.15) is 0 Å². The summed E-state index contributed by atoms with van der Waals surface area (Å²) in [7, 11) is 0. The first-order chi connectivity index (χ1) is 18.4.